The van der Waals surface area contributed by atoms with Crippen molar-refractivity contribution < 1.29 is 0 Å². The van der Waals surface area contributed by atoms with Gasteiger partial charge in [0.05, 0.1) is 12.4 Å². The monoisotopic (exact) mass is 654 g/mol. The summed E-state index contributed by atoms with van der Waals surface area (Å²) in [5, 5.41) is 0. The molecular weight excluding hydrogens is 624 g/mol. The van der Waals surface area contributed by atoms with Crippen molar-refractivity contribution in [3.63, 3.8) is 0 Å². The van der Waals surface area contributed by atoms with Crippen LogP contribution >= 0.6 is 77.2 Å². The molecule has 0 amide bonds. The van der Waals surface area contributed by atoms with E-state index in [-0.39, 0.29) is 0 Å². The number of unbranched alkanes of at least 4 members (excludes halogenated alkanes) is 6. The standard InChI is InChI=1S/C28H32Br2S4/c1-3-5-7-9-11-19-13-15-23(31-19)25-17-21(22-18-26(29)34-28(22)30)27(33-25)24-16-14-20(32-24)12-10-8-6-4-2/h13-18H,3-12H2,1-2H3. The molecule has 0 aliphatic heterocycles. The molecule has 0 atom stereocenters. The van der Waals surface area contributed by atoms with Crippen molar-refractivity contribution >= 4 is 77.2 Å². The Bertz CT molecular complexity index is 1180. The molecule has 0 fully saturated rings. The van der Waals surface area contributed by atoms with Crippen molar-refractivity contribution in [1.82, 2.24) is 0 Å². The van der Waals surface area contributed by atoms with Gasteiger partial charge in [-0.05, 0) is 93.9 Å². The van der Waals surface area contributed by atoms with Crippen LogP contribution in [0.1, 0.15) is 75.0 Å². The topological polar surface area (TPSA) is 0 Å². The highest BCUT2D eigenvalue weighted by Crippen LogP contribution is 2.50. The number of aryl methyl sites for hydroxylation is 2. The van der Waals surface area contributed by atoms with Gasteiger partial charge in [0.2, 0.25) is 0 Å². The Balaban J connectivity index is 1.61. The van der Waals surface area contributed by atoms with E-state index in [1.807, 2.05) is 34.0 Å². The van der Waals surface area contributed by atoms with Gasteiger partial charge in [-0.15, -0.1) is 45.3 Å². The van der Waals surface area contributed by atoms with Gasteiger partial charge < -0.3 is 0 Å². The Kier molecular flexibility index (Phi) is 10.5. The average Bonchev–Trinajstić information content (AvgIpc) is 3.60. The molecule has 0 aliphatic rings. The van der Waals surface area contributed by atoms with Crippen molar-refractivity contribution in [2.24, 2.45) is 0 Å². The molecule has 6 heteroatoms. The molecular formula is C28H32Br2S4. The first-order valence-corrected chi connectivity index (χ1v) is 17.2. The Hall–Kier alpha value is -0.240. The second-order valence-corrected chi connectivity index (χ2v) is 15.9. The van der Waals surface area contributed by atoms with E-state index in [0.29, 0.717) is 0 Å². The molecule has 0 bridgehead atoms. The third kappa shape index (κ3) is 6.95. The maximum Gasteiger partial charge on any atom is 0.0789 e. The zero-order chi connectivity index (χ0) is 23.9. The Morgan fingerprint density at radius 3 is 1.79 bits per heavy atom. The first-order valence-electron chi connectivity index (χ1n) is 12.4. The second kappa shape index (κ2) is 13.3. The van der Waals surface area contributed by atoms with Gasteiger partial charge in [0.1, 0.15) is 0 Å². The molecule has 4 aromatic rings. The third-order valence-corrected chi connectivity index (χ3v) is 12.2. The van der Waals surface area contributed by atoms with Crippen LogP contribution in [0.2, 0.25) is 0 Å². The number of thiophene rings is 4. The van der Waals surface area contributed by atoms with Crippen LogP contribution < -0.4 is 0 Å². The van der Waals surface area contributed by atoms with E-state index < -0.39 is 0 Å². The van der Waals surface area contributed by atoms with Crippen LogP contribution in [0.4, 0.5) is 0 Å². The van der Waals surface area contributed by atoms with E-state index in [1.165, 1.54) is 112 Å². The summed E-state index contributed by atoms with van der Waals surface area (Å²) in [5.41, 5.74) is 2.65. The molecule has 0 nitrogen and oxygen atoms in total. The van der Waals surface area contributed by atoms with Crippen LogP contribution in [0.15, 0.2) is 44.0 Å². The highest BCUT2D eigenvalue weighted by atomic mass is 79.9. The zero-order valence-electron chi connectivity index (χ0n) is 19.9. The summed E-state index contributed by atoms with van der Waals surface area (Å²) < 4.78 is 2.37. The van der Waals surface area contributed by atoms with Crippen LogP contribution in [-0.4, -0.2) is 0 Å². The van der Waals surface area contributed by atoms with Gasteiger partial charge in [0, 0.05) is 35.5 Å². The molecule has 34 heavy (non-hydrogen) atoms. The van der Waals surface area contributed by atoms with Crippen LogP contribution in [0.5, 0.6) is 0 Å². The van der Waals surface area contributed by atoms with Crippen LogP contribution in [0.25, 0.3) is 30.6 Å². The highest BCUT2D eigenvalue weighted by Gasteiger charge is 2.20. The fraction of sp³-hybridized carbons (Fsp3) is 0.429. The molecule has 4 aromatic heterocycles. The normalized spacial score (nSPS) is 11.5. The Morgan fingerprint density at radius 1 is 0.588 bits per heavy atom. The minimum atomic E-state index is 1.17. The lowest BCUT2D eigenvalue weighted by Crippen LogP contribution is -1.80. The number of halogens is 2. The fourth-order valence-electron chi connectivity index (χ4n) is 4.15. The molecule has 0 saturated heterocycles. The molecule has 0 aromatic carbocycles. The van der Waals surface area contributed by atoms with E-state index >= 15 is 0 Å². The first kappa shape index (κ1) is 26.8. The third-order valence-electron chi connectivity index (χ3n) is 6.02. The summed E-state index contributed by atoms with van der Waals surface area (Å²) in [6, 6.07) is 14.1. The van der Waals surface area contributed by atoms with Gasteiger partial charge in [-0.1, -0.05) is 52.4 Å². The van der Waals surface area contributed by atoms with Crippen molar-refractivity contribution in [2.45, 2.75) is 78.1 Å². The van der Waals surface area contributed by atoms with Crippen molar-refractivity contribution in [3.05, 3.63) is 53.7 Å². The molecule has 4 heterocycles. The predicted octanol–water partition coefficient (Wildman–Crippen LogP) is 12.7. The summed E-state index contributed by atoms with van der Waals surface area (Å²) in [4.78, 5) is 8.65. The lowest BCUT2D eigenvalue weighted by molar-refractivity contribution is 0.670. The SMILES string of the molecule is CCCCCCc1ccc(-c2cc(-c3cc(Br)sc3Br)c(-c3ccc(CCCCCC)s3)s2)s1. The summed E-state index contributed by atoms with van der Waals surface area (Å²) in [5.74, 6) is 0. The summed E-state index contributed by atoms with van der Waals surface area (Å²) in [6.45, 7) is 4.56. The molecule has 0 unspecified atom stereocenters. The Morgan fingerprint density at radius 2 is 1.21 bits per heavy atom. The maximum atomic E-state index is 3.82. The summed E-state index contributed by atoms with van der Waals surface area (Å²) >= 11 is 15.2. The van der Waals surface area contributed by atoms with Gasteiger partial charge in [0.15, 0.2) is 0 Å². The van der Waals surface area contributed by atoms with Crippen molar-refractivity contribution in [2.75, 3.05) is 0 Å². The fourth-order valence-corrected chi connectivity index (χ4v) is 10.5. The van der Waals surface area contributed by atoms with Gasteiger partial charge in [-0.3, -0.25) is 0 Å². The van der Waals surface area contributed by atoms with Gasteiger partial charge in [-0.25, -0.2) is 0 Å². The van der Waals surface area contributed by atoms with E-state index in [0.717, 1.165) is 0 Å². The number of hydrogen-bond donors (Lipinski definition) is 0. The van der Waals surface area contributed by atoms with E-state index in [9.17, 15) is 0 Å². The number of rotatable bonds is 13. The second-order valence-electron chi connectivity index (χ2n) is 8.74. The van der Waals surface area contributed by atoms with Gasteiger partial charge in [-0.2, -0.15) is 0 Å². The van der Waals surface area contributed by atoms with Gasteiger partial charge >= 0.3 is 0 Å². The maximum absolute atomic E-state index is 3.82. The van der Waals surface area contributed by atoms with Crippen molar-refractivity contribution in [3.8, 4) is 30.6 Å². The van der Waals surface area contributed by atoms with Crippen molar-refractivity contribution in [1.29, 1.82) is 0 Å². The van der Waals surface area contributed by atoms with E-state index in [1.54, 1.807) is 11.3 Å². The zero-order valence-corrected chi connectivity index (χ0v) is 26.4. The molecule has 0 saturated carbocycles. The minimum absolute atomic E-state index is 1.17. The average molecular weight is 657 g/mol. The lowest BCUT2D eigenvalue weighted by atomic mass is 10.1. The summed E-state index contributed by atoms with van der Waals surface area (Å²) in [6.07, 6.45) is 13.0. The van der Waals surface area contributed by atoms with E-state index in [4.69, 9.17) is 0 Å². The lowest BCUT2D eigenvalue weighted by Gasteiger charge is -2.01. The van der Waals surface area contributed by atoms with Crippen LogP contribution in [0.3, 0.4) is 0 Å². The highest BCUT2D eigenvalue weighted by molar-refractivity contribution is 9.12. The molecule has 0 N–H and O–H groups in total. The number of hydrogen-bond acceptors (Lipinski definition) is 4. The molecule has 0 spiro atoms. The molecule has 4 rings (SSSR count). The van der Waals surface area contributed by atoms with Gasteiger partial charge in [0.25, 0.3) is 0 Å². The molecule has 0 radical (unpaired) electrons. The smallest absolute Gasteiger partial charge is 0.0789 e. The molecule has 182 valence electrons. The van der Waals surface area contributed by atoms with Crippen LogP contribution in [-0.2, 0) is 12.8 Å². The quantitative estimate of drug-likeness (QED) is 0.126. The van der Waals surface area contributed by atoms with E-state index in [2.05, 4.69) is 82.1 Å². The Labute approximate surface area is 237 Å². The van der Waals surface area contributed by atoms with Crippen LogP contribution in [0, 0.1) is 0 Å². The molecule has 0 aliphatic carbocycles. The predicted molar refractivity (Wildman–Crippen MR) is 165 cm³/mol. The summed E-state index contributed by atoms with van der Waals surface area (Å²) in [7, 11) is 0. The minimum Gasteiger partial charge on any atom is -0.139 e. The first-order chi connectivity index (χ1) is 16.6. The largest absolute Gasteiger partial charge is 0.139 e.